The molecule has 1 fully saturated rings. The van der Waals surface area contributed by atoms with Crippen LogP contribution in [-0.4, -0.2) is 50.1 Å². The summed E-state index contributed by atoms with van der Waals surface area (Å²) >= 11 is 6.38. The van der Waals surface area contributed by atoms with Gasteiger partial charge in [-0.1, -0.05) is 23.7 Å². The SMILES string of the molecule is Nc1ccccc1Nc1ccc(C(=O)c2cc(OCCN3CCOCC3)ccc2F)c(Cl)c1. The second-order valence-electron chi connectivity index (χ2n) is 7.68. The highest BCUT2D eigenvalue weighted by Gasteiger charge is 2.19. The van der Waals surface area contributed by atoms with Crippen molar-refractivity contribution in [1.29, 1.82) is 0 Å². The number of hydrogen-bond acceptors (Lipinski definition) is 6. The van der Waals surface area contributed by atoms with Gasteiger partial charge < -0.3 is 20.5 Å². The van der Waals surface area contributed by atoms with Crippen LogP contribution >= 0.6 is 11.6 Å². The third kappa shape index (κ3) is 5.82. The van der Waals surface area contributed by atoms with Gasteiger partial charge in [0.2, 0.25) is 0 Å². The first kappa shape index (κ1) is 23.0. The highest BCUT2D eigenvalue weighted by molar-refractivity contribution is 6.35. The van der Waals surface area contributed by atoms with Crippen molar-refractivity contribution in [3.8, 4) is 5.75 Å². The number of carbonyl (C=O) groups excluding carboxylic acids is 1. The van der Waals surface area contributed by atoms with Gasteiger partial charge in [0.25, 0.3) is 0 Å². The van der Waals surface area contributed by atoms with Gasteiger partial charge in [-0.2, -0.15) is 0 Å². The third-order valence-corrected chi connectivity index (χ3v) is 5.73. The molecule has 8 heteroatoms. The van der Waals surface area contributed by atoms with Gasteiger partial charge in [0, 0.05) is 30.9 Å². The molecule has 0 aliphatic carbocycles. The van der Waals surface area contributed by atoms with E-state index in [1.54, 1.807) is 24.3 Å². The predicted molar refractivity (Wildman–Crippen MR) is 128 cm³/mol. The average Bonchev–Trinajstić information content (AvgIpc) is 2.82. The monoisotopic (exact) mass is 469 g/mol. The van der Waals surface area contributed by atoms with Crippen LogP contribution in [0.4, 0.5) is 21.5 Å². The number of hydrogen-bond donors (Lipinski definition) is 2. The van der Waals surface area contributed by atoms with Crippen LogP contribution in [0.3, 0.4) is 0 Å². The number of ketones is 1. The van der Waals surface area contributed by atoms with Crippen LogP contribution in [0.5, 0.6) is 5.75 Å². The fourth-order valence-corrected chi connectivity index (χ4v) is 3.84. The molecule has 1 aliphatic heterocycles. The fraction of sp³-hybridized carbons (Fsp3) is 0.240. The van der Waals surface area contributed by atoms with Crippen molar-refractivity contribution in [2.24, 2.45) is 0 Å². The van der Waals surface area contributed by atoms with Gasteiger partial charge in [-0.25, -0.2) is 4.39 Å². The first-order valence-corrected chi connectivity index (χ1v) is 11.1. The molecule has 1 saturated heterocycles. The Hall–Kier alpha value is -3.13. The Labute approximate surface area is 197 Å². The maximum absolute atomic E-state index is 14.5. The van der Waals surface area contributed by atoms with Gasteiger partial charge in [-0.15, -0.1) is 0 Å². The van der Waals surface area contributed by atoms with Crippen LogP contribution in [0, 0.1) is 5.82 Å². The van der Waals surface area contributed by atoms with E-state index in [-0.39, 0.29) is 16.1 Å². The molecule has 172 valence electrons. The predicted octanol–water partition coefficient (Wildman–Crippen LogP) is 4.75. The molecule has 0 amide bonds. The van der Waals surface area contributed by atoms with Crippen LogP contribution in [-0.2, 0) is 4.74 Å². The quantitative estimate of drug-likeness (QED) is 0.366. The second kappa shape index (κ2) is 10.7. The van der Waals surface area contributed by atoms with Gasteiger partial charge in [0.05, 0.1) is 35.2 Å². The number of anilines is 3. The summed E-state index contributed by atoms with van der Waals surface area (Å²) in [5.74, 6) is -0.709. The van der Waals surface area contributed by atoms with Crippen LogP contribution in [0.1, 0.15) is 15.9 Å². The number of benzene rings is 3. The minimum absolute atomic E-state index is 0.0891. The Kier molecular flexibility index (Phi) is 7.44. The van der Waals surface area contributed by atoms with Crippen molar-refractivity contribution in [2.45, 2.75) is 0 Å². The molecule has 0 aromatic heterocycles. The van der Waals surface area contributed by atoms with E-state index in [9.17, 15) is 9.18 Å². The number of rotatable bonds is 8. The third-order valence-electron chi connectivity index (χ3n) is 5.42. The summed E-state index contributed by atoms with van der Waals surface area (Å²) in [5, 5.41) is 3.37. The topological polar surface area (TPSA) is 76.8 Å². The molecule has 33 heavy (non-hydrogen) atoms. The first-order chi connectivity index (χ1) is 16.0. The van der Waals surface area contributed by atoms with E-state index in [0.29, 0.717) is 36.9 Å². The summed E-state index contributed by atoms with van der Waals surface area (Å²) in [5.41, 5.74) is 8.04. The largest absolute Gasteiger partial charge is 0.492 e. The molecule has 1 heterocycles. The molecular weight excluding hydrogens is 445 g/mol. The van der Waals surface area contributed by atoms with Crippen molar-refractivity contribution in [3.05, 3.63) is 82.6 Å². The highest BCUT2D eigenvalue weighted by atomic mass is 35.5. The molecular formula is C25H25ClFN3O3. The van der Waals surface area contributed by atoms with E-state index in [2.05, 4.69) is 10.2 Å². The number of nitrogens with zero attached hydrogens (tertiary/aromatic N) is 1. The molecule has 3 aromatic carbocycles. The number of carbonyl (C=O) groups is 1. The van der Waals surface area contributed by atoms with Crippen LogP contribution in [0.2, 0.25) is 5.02 Å². The second-order valence-corrected chi connectivity index (χ2v) is 8.09. The minimum atomic E-state index is -0.629. The lowest BCUT2D eigenvalue weighted by Gasteiger charge is -2.26. The van der Waals surface area contributed by atoms with E-state index in [1.807, 2.05) is 18.2 Å². The number of morpholine rings is 1. The van der Waals surface area contributed by atoms with Gasteiger partial charge >= 0.3 is 0 Å². The van der Waals surface area contributed by atoms with Crippen LogP contribution < -0.4 is 15.8 Å². The number of ether oxygens (including phenoxy) is 2. The Bertz CT molecular complexity index is 1140. The zero-order valence-corrected chi connectivity index (χ0v) is 18.8. The fourth-order valence-electron chi connectivity index (χ4n) is 3.57. The van der Waals surface area contributed by atoms with Crippen LogP contribution in [0.15, 0.2) is 60.7 Å². The van der Waals surface area contributed by atoms with E-state index in [1.165, 1.54) is 18.2 Å². The number of halogens is 2. The Morgan fingerprint density at radius 3 is 2.64 bits per heavy atom. The van der Waals surface area contributed by atoms with Crippen molar-refractivity contribution in [3.63, 3.8) is 0 Å². The molecule has 6 nitrogen and oxygen atoms in total. The lowest BCUT2D eigenvalue weighted by Crippen LogP contribution is -2.38. The van der Waals surface area contributed by atoms with Gasteiger partial charge in [-0.05, 0) is 48.5 Å². The standard InChI is InChI=1S/C25H25ClFN3O3/c26-21-15-17(29-24-4-2-1-3-23(24)28)5-7-19(21)25(31)20-16-18(6-8-22(20)27)33-14-11-30-9-12-32-13-10-30/h1-8,15-16,29H,9-14,28H2. The zero-order chi connectivity index (χ0) is 23.2. The molecule has 0 spiro atoms. The summed E-state index contributed by atoms with van der Waals surface area (Å²) in [6.45, 7) is 4.30. The van der Waals surface area contributed by atoms with Gasteiger partial charge in [0.15, 0.2) is 5.78 Å². The first-order valence-electron chi connectivity index (χ1n) is 10.7. The Morgan fingerprint density at radius 2 is 1.88 bits per heavy atom. The molecule has 3 N–H and O–H groups in total. The molecule has 0 atom stereocenters. The molecule has 3 aromatic rings. The summed E-state index contributed by atoms with van der Waals surface area (Å²) < 4.78 is 25.6. The van der Waals surface area contributed by atoms with E-state index in [4.69, 9.17) is 26.8 Å². The Morgan fingerprint density at radius 1 is 1.09 bits per heavy atom. The summed E-state index contributed by atoms with van der Waals surface area (Å²) in [6.07, 6.45) is 0. The van der Waals surface area contributed by atoms with Crippen molar-refractivity contribution < 1.29 is 18.7 Å². The summed E-state index contributed by atoms with van der Waals surface area (Å²) in [6, 6.07) is 16.4. The molecule has 0 bridgehead atoms. The molecule has 0 unspecified atom stereocenters. The lowest BCUT2D eigenvalue weighted by molar-refractivity contribution is 0.0322. The Balaban J connectivity index is 1.45. The highest BCUT2D eigenvalue weighted by Crippen LogP contribution is 2.29. The molecule has 0 saturated carbocycles. The maximum atomic E-state index is 14.5. The van der Waals surface area contributed by atoms with E-state index >= 15 is 0 Å². The summed E-state index contributed by atoms with van der Waals surface area (Å²) in [7, 11) is 0. The number of nitrogen functional groups attached to an aromatic ring is 1. The van der Waals surface area contributed by atoms with Crippen LogP contribution in [0.25, 0.3) is 0 Å². The van der Waals surface area contributed by atoms with E-state index in [0.717, 1.165) is 25.3 Å². The van der Waals surface area contributed by atoms with Crippen molar-refractivity contribution in [2.75, 3.05) is 50.5 Å². The van der Waals surface area contributed by atoms with Gasteiger partial charge in [0.1, 0.15) is 18.2 Å². The maximum Gasteiger partial charge on any atom is 0.197 e. The minimum Gasteiger partial charge on any atom is -0.492 e. The lowest BCUT2D eigenvalue weighted by atomic mass is 10.0. The molecule has 0 radical (unpaired) electrons. The smallest absolute Gasteiger partial charge is 0.197 e. The van der Waals surface area contributed by atoms with E-state index < -0.39 is 11.6 Å². The van der Waals surface area contributed by atoms with Gasteiger partial charge in [-0.3, -0.25) is 9.69 Å². The summed E-state index contributed by atoms with van der Waals surface area (Å²) in [4.78, 5) is 15.3. The van der Waals surface area contributed by atoms with Crippen molar-refractivity contribution >= 4 is 34.4 Å². The average molecular weight is 470 g/mol. The molecule has 1 aliphatic rings. The van der Waals surface area contributed by atoms with Crippen molar-refractivity contribution in [1.82, 2.24) is 4.90 Å². The molecule has 4 rings (SSSR count). The number of nitrogens with two attached hydrogens (primary N) is 1. The normalized spacial score (nSPS) is 14.1. The number of para-hydroxylation sites is 2. The zero-order valence-electron chi connectivity index (χ0n) is 18.0. The number of nitrogens with one attached hydrogen (secondary N) is 1.